The van der Waals surface area contributed by atoms with E-state index in [-0.39, 0.29) is 12.3 Å². The third-order valence-corrected chi connectivity index (χ3v) is 2.74. The highest BCUT2D eigenvalue weighted by atomic mass is 19.4. The fourth-order valence-corrected chi connectivity index (χ4v) is 1.75. The fraction of sp³-hybridized carbons (Fsp3) is 0.308. The van der Waals surface area contributed by atoms with Gasteiger partial charge in [-0.3, -0.25) is 0 Å². The molecule has 1 heterocycles. The fourth-order valence-electron chi connectivity index (χ4n) is 1.75. The second-order valence-electron chi connectivity index (χ2n) is 4.25. The van der Waals surface area contributed by atoms with Crippen molar-refractivity contribution in [2.24, 2.45) is 7.05 Å². The van der Waals surface area contributed by atoms with Gasteiger partial charge in [0.25, 0.3) is 0 Å². The van der Waals surface area contributed by atoms with Gasteiger partial charge in [-0.1, -0.05) is 18.2 Å². The molecule has 1 aromatic heterocycles. The standard InChI is InChI=1S/C13H14F3N3O/c1-19-9-18-8-11(19)7-17-6-10-4-2-3-5-12(10)20-13(14,15)16/h2-5,8-9,17H,6-7H2,1H3. The summed E-state index contributed by atoms with van der Waals surface area (Å²) >= 11 is 0. The van der Waals surface area contributed by atoms with Crippen LogP contribution in [0.5, 0.6) is 5.75 Å². The topological polar surface area (TPSA) is 39.1 Å². The molecule has 0 spiro atoms. The number of para-hydroxylation sites is 1. The molecule has 0 aliphatic carbocycles. The Morgan fingerprint density at radius 1 is 1.25 bits per heavy atom. The number of nitrogens with one attached hydrogen (secondary N) is 1. The second kappa shape index (κ2) is 5.96. The van der Waals surface area contributed by atoms with Crippen molar-refractivity contribution < 1.29 is 17.9 Å². The summed E-state index contributed by atoms with van der Waals surface area (Å²) in [6.45, 7) is 0.786. The Hall–Kier alpha value is -2.02. The molecule has 4 nitrogen and oxygen atoms in total. The summed E-state index contributed by atoms with van der Waals surface area (Å²) in [6.07, 6.45) is -1.32. The van der Waals surface area contributed by atoms with E-state index >= 15 is 0 Å². The van der Waals surface area contributed by atoms with Crippen LogP contribution in [0.1, 0.15) is 11.3 Å². The molecule has 0 aliphatic heterocycles. The average Bonchev–Trinajstić information content (AvgIpc) is 2.75. The summed E-state index contributed by atoms with van der Waals surface area (Å²) < 4.78 is 42.6. The Morgan fingerprint density at radius 3 is 2.65 bits per heavy atom. The first-order chi connectivity index (χ1) is 9.46. The molecule has 2 rings (SSSR count). The number of nitrogens with zero attached hydrogens (tertiary/aromatic N) is 2. The first-order valence-corrected chi connectivity index (χ1v) is 5.95. The third kappa shape index (κ3) is 3.99. The van der Waals surface area contributed by atoms with E-state index in [1.165, 1.54) is 12.1 Å². The molecule has 0 radical (unpaired) electrons. The molecule has 0 atom stereocenters. The number of hydrogen-bond donors (Lipinski definition) is 1. The molecule has 0 aliphatic rings. The molecule has 0 bridgehead atoms. The number of rotatable bonds is 5. The lowest BCUT2D eigenvalue weighted by Gasteiger charge is -2.13. The summed E-state index contributed by atoms with van der Waals surface area (Å²) in [5, 5.41) is 3.06. The molecule has 2 aromatic rings. The number of alkyl halides is 3. The van der Waals surface area contributed by atoms with Crippen molar-refractivity contribution in [2.75, 3.05) is 0 Å². The zero-order valence-corrected chi connectivity index (χ0v) is 10.8. The number of halogens is 3. The molecule has 0 fully saturated rings. The maximum absolute atomic E-state index is 12.3. The first kappa shape index (κ1) is 14.4. The molecule has 0 amide bonds. The number of aromatic nitrogens is 2. The predicted octanol–water partition coefficient (Wildman–Crippen LogP) is 2.61. The van der Waals surface area contributed by atoms with Crippen LogP contribution in [-0.4, -0.2) is 15.9 Å². The third-order valence-electron chi connectivity index (χ3n) is 2.74. The Labute approximate surface area is 114 Å². The van der Waals surface area contributed by atoms with Gasteiger partial charge in [-0.25, -0.2) is 4.98 Å². The highest BCUT2D eigenvalue weighted by molar-refractivity contribution is 5.33. The first-order valence-electron chi connectivity index (χ1n) is 5.95. The van der Waals surface area contributed by atoms with Crippen LogP contribution >= 0.6 is 0 Å². The molecule has 1 N–H and O–H groups in total. The van der Waals surface area contributed by atoms with Crippen LogP contribution in [0.2, 0.25) is 0 Å². The normalized spacial score (nSPS) is 11.6. The second-order valence-corrected chi connectivity index (χ2v) is 4.25. The van der Waals surface area contributed by atoms with Crippen LogP contribution < -0.4 is 10.1 Å². The van der Waals surface area contributed by atoms with Gasteiger partial charge in [0.15, 0.2) is 0 Å². The molecular formula is C13H14F3N3O. The zero-order valence-electron chi connectivity index (χ0n) is 10.8. The van der Waals surface area contributed by atoms with Crippen molar-refractivity contribution in [1.29, 1.82) is 0 Å². The van der Waals surface area contributed by atoms with Gasteiger partial charge >= 0.3 is 6.36 Å². The van der Waals surface area contributed by atoms with E-state index in [1.807, 2.05) is 11.6 Å². The van der Waals surface area contributed by atoms with E-state index < -0.39 is 6.36 Å². The number of benzene rings is 1. The van der Waals surface area contributed by atoms with Gasteiger partial charge in [-0.2, -0.15) is 0 Å². The Kier molecular flexibility index (Phi) is 4.29. The summed E-state index contributed by atoms with van der Waals surface area (Å²) in [4.78, 5) is 3.96. The Balaban J connectivity index is 1.97. The highest BCUT2D eigenvalue weighted by Gasteiger charge is 2.31. The van der Waals surface area contributed by atoms with Gasteiger partial charge in [-0.15, -0.1) is 13.2 Å². The summed E-state index contributed by atoms with van der Waals surface area (Å²) in [6, 6.07) is 6.07. The Bertz CT molecular complexity index is 566. The minimum atomic E-state index is -4.68. The van der Waals surface area contributed by atoms with Gasteiger partial charge in [0.2, 0.25) is 0 Å². The van der Waals surface area contributed by atoms with Crippen LogP contribution in [0, 0.1) is 0 Å². The molecule has 0 unspecified atom stereocenters. The number of ether oxygens (including phenoxy) is 1. The van der Waals surface area contributed by atoms with Crippen LogP contribution in [0.25, 0.3) is 0 Å². The van der Waals surface area contributed by atoms with E-state index in [4.69, 9.17) is 0 Å². The van der Waals surface area contributed by atoms with E-state index in [2.05, 4.69) is 15.0 Å². The minimum absolute atomic E-state index is 0.183. The van der Waals surface area contributed by atoms with Gasteiger partial charge in [-0.05, 0) is 6.07 Å². The van der Waals surface area contributed by atoms with E-state index in [0.717, 1.165) is 5.69 Å². The van der Waals surface area contributed by atoms with Crippen molar-refractivity contribution in [1.82, 2.24) is 14.9 Å². The molecular weight excluding hydrogens is 271 g/mol. The van der Waals surface area contributed by atoms with Gasteiger partial charge < -0.3 is 14.6 Å². The summed E-state index contributed by atoms with van der Waals surface area (Å²) in [5.41, 5.74) is 1.39. The van der Waals surface area contributed by atoms with Gasteiger partial charge in [0.05, 0.1) is 12.0 Å². The lowest BCUT2D eigenvalue weighted by molar-refractivity contribution is -0.274. The molecule has 20 heavy (non-hydrogen) atoms. The summed E-state index contributed by atoms with van der Waals surface area (Å²) in [7, 11) is 1.85. The predicted molar refractivity (Wildman–Crippen MR) is 66.9 cm³/mol. The van der Waals surface area contributed by atoms with E-state index in [9.17, 15) is 13.2 Å². The monoisotopic (exact) mass is 285 g/mol. The van der Waals surface area contributed by atoms with Crippen LogP contribution in [0.15, 0.2) is 36.8 Å². The van der Waals surface area contributed by atoms with Crippen molar-refractivity contribution in [3.05, 3.63) is 48.0 Å². The van der Waals surface area contributed by atoms with Crippen molar-refractivity contribution >= 4 is 0 Å². The van der Waals surface area contributed by atoms with Crippen molar-refractivity contribution in [3.63, 3.8) is 0 Å². The minimum Gasteiger partial charge on any atom is -0.405 e. The largest absolute Gasteiger partial charge is 0.573 e. The smallest absolute Gasteiger partial charge is 0.405 e. The highest BCUT2D eigenvalue weighted by Crippen LogP contribution is 2.26. The maximum Gasteiger partial charge on any atom is 0.573 e. The lowest BCUT2D eigenvalue weighted by Crippen LogP contribution is -2.20. The van der Waals surface area contributed by atoms with Gasteiger partial charge in [0, 0.05) is 31.9 Å². The van der Waals surface area contributed by atoms with Crippen LogP contribution in [0.4, 0.5) is 13.2 Å². The van der Waals surface area contributed by atoms with Crippen LogP contribution in [-0.2, 0) is 20.1 Å². The molecule has 108 valence electrons. The van der Waals surface area contributed by atoms with Crippen molar-refractivity contribution in [2.45, 2.75) is 19.5 Å². The molecule has 7 heteroatoms. The molecule has 0 saturated carbocycles. The Morgan fingerprint density at radius 2 is 2.00 bits per heavy atom. The van der Waals surface area contributed by atoms with Crippen molar-refractivity contribution in [3.8, 4) is 5.75 Å². The maximum atomic E-state index is 12.3. The van der Waals surface area contributed by atoms with Crippen LogP contribution in [0.3, 0.4) is 0 Å². The average molecular weight is 285 g/mol. The zero-order chi connectivity index (χ0) is 14.6. The molecule has 1 aromatic carbocycles. The summed E-state index contributed by atoms with van der Waals surface area (Å²) in [5.74, 6) is -0.183. The van der Waals surface area contributed by atoms with Gasteiger partial charge in [0.1, 0.15) is 5.75 Å². The van der Waals surface area contributed by atoms with E-state index in [0.29, 0.717) is 12.1 Å². The lowest BCUT2D eigenvalue weighted by atomic mass is 10.2. The molecule has 0 saturated heterocycles. The number of aryl methyl sites for hydroxylation is 1. The van der Waals surface area contributed by atoms with E-state index in [1.54, 1.807) is 24.7 Å². The SMILES string of the molecule is Cn1cncc1CNCc1ccccc1OC(F)(F)F. The quantitative estimate of drug-likeness (QED) is 0.918. The number of hydrogen-bond acceptors (Lipinski definition) is 3. The number of imidazole rings is 1.